The summed E-state index contributed by atoms with van der Waals surface area (Å²) in [6.45, 7) is 5.51. The summed E-state index contributed by atoms with van der Waals surface area (Å²) in [4.78, 5) is 21.9. The van der Waals surface area contributed by atoms with Gasteiger partial charge < -0.3 is 19.8 Å². The molecule has 1 fully saturated rings. The number of nitrogens with zero attached hydrogens (tertiary/aromatic N) is 2. The van der Waals surface area contributed by atoms with Crippen LogP contribution >= 0.6 is 0 Å². The van der Waals surface area contributed by atoms with Gasteiger partial charge in [0, 0.05) is 25.3 Å². The summed E-state index contributed by atoms with van der Waals surface area (Å²) in [5.74, 6) is 0.700. The summed E-state index contributed by atoms with van der Waals surface area (Å²) in [6, 6.07) is 9.55. The number of benzene rings is 1. The lowest BCUT2D eigenvalue weighted by Crippen LogP contribution is -2.50. The molecule has 0 spiro atoms. The highest BCUT2D eigenvalue weighted by Crippen LogP contribution is 2.11. The number of para-hydroxylation sites is 1. The fourth-order valence-electron chi connectivity index (χ4n) is 2.74. The molecule has 0 bridgehead atoms. The first kappa shape index (κ1) is 17.4. The Hall–Kier alpha value is -2.38. The maximum absolute atomic E-state index is 12.3. The van der Waals surface area contributed by atoms with Crippen LogP contribution in [-0.4, -0.2) is 59.7 Å². The first-order chi connectivity index (χ1) is 12.2. The third-order valence-corrected chi connectivity index (χ3v) is 4.16. The molecule has 7 heteroatoms. The highest BCUT2D eigenvalue weighted by atomic mass is 16.5. The minimum Gasteiger partial charge on any atom is -0.492 e. The van der Waals surface area contributed by atoms with Gasteiger partial charge in [0.05, 0.1) is 25.2 Å². The highest BCUT2D eigenvalue weighted by Gasteiger charge is 2.27. The lowest BCUT2D eigenvalue weighted by molar-refractivity contribution is -0.138. The molecule has 1 aromatic heterocycles. The van der Waals surface area contributed by atoms with E-state index in [0.29, 0.717) is 26.3 Å². The van der Waals surface area contributed by atoms with Gasteiger partial charge in [0.2, 0.25) is 0 Å². The van der Waals surface area contributed by atoms with Crippen molar-refractivity contribution in [3.8, 4) is 5.75 Å². The molecule has 25 heavy (non-hydrogen) atoms. The molecule has 1 amide bonds. The Morgan fingerprint density at radius 1 is 1.44 bits per heavy atom. The van der Waals surface area contributed by atoms with E-state index in [1.165, 1.54) is 0 Å². The van der Waals surface area contributed by atoms with Gasteiger partial charge in [0.1, 0.15) is 18.5 Å². The molecule has 1 aliphatic rings. The summed E-state index contributed by atoms with van der Waals surface area (Å²) < 4.78 is 11.2. The molecule has 2 aromatic rings. The van der Waals surface area contributed by atoms with Crippen LogP contribution in [0.4, 0.5) is 0 Å². The zero-order chi connectivity index (χ0) is 17.5. The SMILES string of the molecule is Cc1[nH]cnc1CN1CCO[C@H](C(=O)NCCOc2ccccc2)C1. The fourth-order valence-corrected chi connectivity index (χ4v) is 2.74. The van der Waals surface area contributed by atoms with Crippen LogP contribution in [0.15, 0.2) is 36.7 Å². The average molecular weight is 344 g/mol. The number of nitrogens with one attached hydrogen (secondary N) is 2. The molecule has 1 saturated heterocycles. The van der Waals surface area contributed by atoms with E-state index in [1.807, 2.05) is 37.3 Å². The molecule has 1 aromatic carbocycles. The number of morpholine rings is 1. The Labute approximate surface area is 147 Å². The predicted octanol–water partition coefficient (Wildman–Crippen LogP) is 1.11. The second-order valence-electron chi connectivity index (χ2n) is 6.02. The number of ether oxygens (including phenoxy) is 2. The number of aryl methyl sites for hydroxylation is 1. The fraction of sp³-hybridized carbons (Fsp3) is 0.444. The van der Waals surface area contributed by atoms with Crippen molar-refractivity contribution in [1.29, 1.82) is 0 Å². The first-order valence-electron chi connectivity index (χ1n) is 8.51. The van der Waals surface area contributed by atoms with Gasteiger partial charge in [0.15, 0.2) is 0 Å². The van der Waals surface area contributed by atoms with Crippen molar-refractivity contribution in [1.82, 2.24) is 20.2 Å². The van der Waals surface area contributed by atoms with Gasteiger partial charge in [-0.3, -0.25) is 9.69 Å². The number of H-pyrrole nitrogens is 1. The van der Waals surface area contributed by atoms with Gasteiger partial charge in [-0.1, -0.05) is 18.2 Å². The van der Waals surface area contributed by atoms with E-state index in [-0.39, 0.29) is 5.91 Å². The Morgan fingerprint density at radius 2 is 2.28 bits per heavy atom. The van der Waals surface area contributed by atoms with Gasteiger partial charge in [-0.2, -0.15) is 0 Å². The van der Waals surface area contributed by atoms with Crippen LogP contribution in [0.3, 0.4) is 0 Å². The first-order valence-corrected chi connectivity index (χ1v) is 8.51. The van der Waals surface area contributed by atoms with Crippen LogP contribution < -0.4 is 10.1 Å². The quantitative estimate of drug-likeness (QED) is 0.736. The Kier molecular flexibility index (Phi) is 6.03. The minimum absolute atomic E-state index is 0.0971. The summed E-state index contributed by atoms with van der Waals surface area (Å²) >= 11 is 0. The van der Waals surface area contributed by atoms with Crippen molar-refractivity contribution >= 4 is 5.91 Å². The normalized spacial score (nSPS) is 18.0. The average Bonchev–Trinajstić information content (AvgIpc) is 3.04. The van der Waals surface area contributed by atoms with E-state index in [1.54, 1.807) is 6.33 Å². The second-order valence-corrected chi connectivity index (χ2v) is 6.02. The van der Waals surface area contributed by atoms with Gasteiger partial charge in [-0.25, -0.2) is 4.98 Å². The summed E-state index contributed by atoms with van der Waals surface area (Å²) in [7, 11) is 0. The molecule has 7 nitrogen and oxygen atoms in total. The number of rotatable bonds is 7. The van der Waals surface area contributed by atoms with Crippen molar-refractivity contribution in [3.05, 3.63) is 48.0 Å². The lowest BCUT2D eigenvalue weighted by Gasteiger charge is -2.31. The summed E-state index contributed by atoms with van der Waals surface area (Å²) in [5.41, 5.74) is 2.07. The Morgan fingerprint density at radius 3 is 3.04 bits per heavy atom. The topological polar surface area (TPSA) is 79.5 Å². The number of aromatic amines is 1. The van der Waals surface area contributed by atoms with Gasteiger partial charge in [-0.05, 0) is 19.1 Å². The predicted molar refractivity (Wildman–Crippen MR) is 93.3 cm³/mol. The molecule has 1 aliphatic heterocycles. The van der Waals surface area contributed by atoms with E-state index in [0.717, 1.165) is 30.2 Å². The number of aromatic nitrogens is 2. The van der Waals surface area contributed by atoms with Crippen LogP contribution in [0.25, 0.3) is 0 Å². The van der Waals surface area contributed by atoms with Crippen LogP contribution in [-0.2, 0) is 16.1 Å². The van der Waals surface area contributed by atoms with Gasteiger partial charge >= 0.3 is 0 Å². The van der Waals surface area contributed by atoms with Crippen LogP contribution in [0, 0.1) is 6.92 Å². The maximum atomic E-state index is 12.3. The molecular formula is C18H24N4O3. The number of hydrogen-bond acceptors (Lipinski definition) is 5. The second kappa shape index (κ2) is 8.64. The third kappa shape index (κ3) is 5.04. The van der Waals surface area contributed by atoms with Crippen molar-refractivity contribution in [2.75, 3.05) is 32.8 Å². The number of hydrogen-bond donors (Lipinski definition) is 2. The summed E-state index contributed by atoms with van der Waals surface area (Å²) in [5, 5.41) is 2.88. The lowest BCUT2D eigenvalue weighted by atomic mass is 10.2. The van der Waals surface area contributed by atoms with E-state index < -0.39 is 6.10 Å². The monoisotopic (exact) mass is 344 g/mol. The molecule has 2 N–H and O–H groups in total. The minimum atomic E-state index is -0.454. The van der Waals surface area contributed by atoms with Crippen molar-refractivity contribution in [2.45, 2.75) is 19.6 Å². The maximum Gasteiger partial charge on any atom is 0.250 e. The molecule has 2 heterocycles. The van der Waals surface area contributed by atoms with E-state index in [2.05, 4.69) is 20.2 Å². The largest absolute Gasteiger partial charge is 0.492 e. The number of carbonyl (C=O) groups excluding carboxylic acids is 1. The molecule has 1 atom stereocenters. The van der Waals surface area contributed by atoms with Crippen molar-refractivity contribution in [3.63, 3.8) is 0 Å². The number of imidazole rings is 1. The smallest absolute Gasteiger partial charge is 0.250 e. The number of amides is 1. The standard InChI is InChI=1S/C18H24N4O3/c1-14-16(21-13-20-14)11-22-8-10-25-17(12-22)18(23)19-7-9-24-15-5-3-2-4-6-15/h2-6,13,17H,7-12H2,1H3,(H,19,23)(H,20,21)/t17-/m0/s1. The van der Waals surface area contributed by atoms with Gasteiger partial charge in [0.25, 0.3) is 5.91 Å². The molecule has 134 valence electrons. The molecule has 0 unspecified atom stereocenters. The zero-order valence-corrected chi connectivity index (χ0v) is 14.4. The van der Waals surface area contributed by atoms with E-state index in [9.17, 15) is 4.79 Å². The van der Waals surface area contributed by atoms with Crippen LogP contribution in [0.2, 0.25) is 0 Å². The van der Waals surface area contributed by atoms with Crippen molar-refractivity contribution < 1.29 is 14.3 Å². The van der Waals surface area contributed by atoms with Crippen molar-refractivity contribution in [2.24, 2.45) is 0 Å². The molecule has 3 rings (SSSR count). The Balaban J connectivity index is 1.40. The number of carbonyl (C=O) groups is 1. The third-order valence-electron chi connectivity index (χ3n) is 4.16. The Bertz CT molecular complexity index is 674. The summed E-state index contributed by atoms with van der Waals surface area (Å²) in [6.07, 6.45) is 1.24. The zero-order valence-electron chi connectivity index (χ0n) is 14.4. The molecule has 0 aliphatic carbocycles. The molecule has 0 radical (unpaired) electrons. The van der Waals surface area contributed by atoms with E-state index in [4.69, 9.17) is 9.47 Å². The highest BCUT2D eigenvalue weighted by molar-refractivity contribution is 5.81. The van der Waals surface area contributed by atoms with Crippen LogP contribution in [0.1, 0.15) is 11.4 Å². The van der Waals surface area contributed by atoms with Crippen LogP contribution in [0.5, 0.6) is 5.75 Å². The van der Waals surface area contributed by atoms with Gasteiger partial charge in [-0.15, -0.1) is 0 Å². The molecular weight excluding hydrogens is 320 g/mol. The van der Waals surface area contributed by atoms with E-state index >= 15 is 0 Å². The molecule has 0 saturated carbocycles.